The number of hydrogen-bond acceptors (Lipinski definition) is 4. The summed E-state index contributed by atoms with van der Waals surface area (Å²) in [6.45, 7) is 2.09. The minimum Gasteiger partial charge on any atom is -0.338 e. The molecule has 1 aliphatic rings. The lowest BCUT2D eigenvalue weighted by Gasteiger charge is -2.26. The first-order chi connectivity index (χ1) is 16.1. The number of aromatic nitrogens is 2. The van der Waals surface area contributed by atoms with Gasteiger partial charge in [0.05, 0.1) is 11.8 Å². The van der Waals surface area contributed by atoms with Gasteiger partial charge in [-0.05, 0) is 54.2 Å². The number of likely N-dealkylation sites (tertiary alicyclic amines) is 1. The van der Waals surface area contributed by atoms with Crippen LogP contribution >= 0.6 is 22.9 Å². The number of benzene rings is 2. The number of rotatable bonds is 6. The fourth-order valence-corrected chi connectivity index (χ4v) is 5.36. The number of hydrogen-bond donors (Lipinski definition) is 0. The smallest absolute Gasteiger partial charge is 0.271 e. The molecule has 2 aromatic carbocycles. The third-order valence-electron chi connectivity index (χ3n) is 6.09. The molecule has 2 aromatic heterocycles. The van der Waals surface area contributed by atoms with Crippen molar-refractivity contribution in [2.24, 2.45) is 0 Å². The lowest BCUT2D eigenvalue weighted by molar-refractivity contribution is -0.133. The third kappa shape index (κ3) is 4.87. The predicted octanol–water partition coefficient (Wildman–Crippen LogP) is 5.53. The van der Waals surface area contributed by atoms with Gasteiger partial charge in [-0.2, -0.15) is 0 Å². The second kappa shape index (κ2) is 9.49. The molecule has 0 N–H and O–H groups in total. The highest BCUT2D eigenvalue weighted by molar-refractivity contribution is 7.22. The number of amides is 1. The van der Waals surface area contributed by atoms with Gasteiger partial charge in [0.1, 0.15) is 4.70 Å². The van der Waals surface area contributed by atoms with Gasteiger partial charge in [0, 0.05) is 36.0 Å². The van der Waals surface area contributed by atoms with Gasteiger partial charge in [-0.15, -0.1) is 11.3 Å². The van der Waals surface area contributed by atoms with Gasteiger partial charge in [-0.1, -0.05) is 48.0 Å². The number of thiophene rings is 1. The minimum absolute atomic E-state index is 0.00885. The van der Waals surface area contributed by atoms with Crippen molar-refractivity contribution in [3.63, 3.8) is 0 Å². The molecule has 0 radical (unpaired) electrons. The molecule has 1 amide bonds. The van der Waals surface area contributed by atoms with Crippen LogP contribution in [0.2, 0.25) is 5.02 Å². The topological polar surface area (TPSA) is 55.2 Å². The van der Waals surface area contributed by atoms with Gasteiger partial charge in [-0.25, -0.2) is 4.98 Å². The molecule has 5 nitrogen and oxygen atoms in total. The van der Waals surface area contributed by atoms with Crippen molar-refractivity contribution >= 4 is 39.1 Å². The molecule has 4 aromatic rings. The maximum absolute atomic E-state index is 13.0. The monoisotopic (exact) mass is 477 g/mol. The number of halogens is 1. The second-order valence-corrected chi connectivity index (χ2v) is 9.90. The van der Waals surface area contributed by atoms with Gasteiger partial charge in [-0.3, -0.25) is 14.2 Å². The van der Waals surface area contributed by atoms with Crippen LogP contribution < -0.4 is 5.56 Å². The molecule has 168 valence electrons. The van der Waals surface area contributed by atoms with Crippen LogP contribution in [-0.2, 0) is 24.3 Å². The first-order valence-corrected chi connectivity index (χ1v) is 12.4. The molecule has 5 rings (SSSR count). The summed E-state index contributed by atoms with van der Waals surface area (Å²) in [7, 11) is 0. The summed E-state index contributed by atoms with van der Waals surface area (Å²) in [6.07, 6.45) is 5.13. The van der Waals surface area contributed by atoms with Crippen LogP contribution in [0.4, 0.5) is 0 Å². The summed E-state index contributed by atoms with van der Waals surface area (Å²) in [4.78, 5) is 32.5. The molecule has 0 atom stereocenters. The fourth-order valence-electron chi connectivity index (χ4n) is 4.17. The number of fused-ring (bicyclic) bond motifs is 1. The summed E-state index contributed by atoms with van der Waals surface area (Å²) >= 11 is 7.46. The Morgan fingerprint density at radius 2 is 1.73 bits per heavy atom. The van der Waals surface area contributed by atoms with E-state index in [1.54, 1.807) is 10.9 Å². The molecule has 7 heteroatoms. The van der Waals surface area contributed by atoms with E-state index in [0.717, 1.165) is 52.9 Å². The molecule has 0 bridgehead atoms. The Bertz CT molecular complexity index is 1340. The van der Waals surface area contributed by atoms with E-state index in [1.807, 2.05) is 35.2 Å². The maximum atomic E-state index is 13.0. The maximum Gasteiger partial charge on any atom is 0.271 e. The Kier molecular flexibility index (Phi) is 6.29. The van der Waals surface area contributed by atoms with Crippen molar-refractivity contribution in [3.05, 3.63) is 87.4 Å². The van der Waals surface area contributed by atoms with Gasteiger partial charge in [0.15, 0.2) is 0 Å². The van der Waals surface area contributed by atoms with E-state index < -0.39 is 0 Å². The summed E-state index contributed by atoms with van der Waals surface area (Å²) < 4.78 is 2.36. The minimum atomic E-state index is -0.00885. The van der Waals surface area contributed by atoms with Crippen molar-refractivity contribution in [1.29, 1.82) is 0 Å². The first-order valence-electron chi connectivity index (χ1n) is 11.2. The number of carbonyl (C=O) groups is 1. The quantitative estimate of drug-likeness (QED) is 0.366. The van der Waals surface area contributed by atoms with Crippen LogP contribution in [0.3, 0.4) is 0 Å². The zero-order chi connectivity index (χ0) is 22.8. The Hall–Kier alpha value is -2.96. The Morgan fingerprint density at radius 3 is 2.48 bits per heavy atom. The summed E-state index contributed by atoms with van der Waals surface area (Å²) in [5, 5.41) is 0.688. The van der Waals surface area contributed by atoms with E-state index in [4.69, 9.17) is 11.6 Å². The number of nitrogens with zero attached hydrogens (tertiary/aromatic N) is 3. The molecule has 0 saturated carbocycles. The normalized spacial score (nSPS) is 14.2. The third-order valence-corrected chi connectivity index (χ3v) is 7.51. The van der Waals surface area contributed by atoms with Gasteiger partial charge < -0.3 is 4.90 Å². The van der Waals surface area contributed by atoms with Crippen LogP contribution in [0.15, 0.2) is 65.7 Å². The highest BCUT2D eigenvalue weighted by Crippen LogP contribution is 2.31. The molecule has 1 saturated heterocycles. The van der Waals surface area contributed by atoms with E-state index >= 15 is 0 Å². The number of piperidine rings is 1. The number of aryl methyl sites for hydroxylation is 2. The molecule has 0 aliphatic carbocycles. The fraction of sp³-hybridized carbons (Fsp3) is 0.269. The first kappa shape index (κ1) is 21.9. The summed E-state index contributed by atoms with van der Waals surface area (Å²) in [5.74, 6) is 0.250. The standard InChI is InChI=1S/C26H24ClN3O2S/c27-21-10-8-20(9-11-21)23-15-22-25(33-23)26(32)30(17-28-22)14-12-18-4-6-19(7-5-18)16-29-13-2-1-3-24(29)31/h4-11,15,17H,1-3,12-14,16H2. The summed E-state index contributed by atoms with van der Waals surface area (Å²) in [5.41, 5.74) is 4.04. The van der Waals surface area contributed by atoms with Gasteiger partial charge >= 0.3 is 0 Å². The lowest BCUT2D eigenvalue weighted by Crippen LogP contribution is -2.34. The average Bonchev–Trinajstić information content (AvgIpc) is 3.27. The van der Waals surface area contributed by atoms with E-state index in [1.165, 1.54) is 11.3 Å². The molecule has 0 spiro atoms. The SMILES string of the molecule is O=C1CCCCN1Cc1ccc(CCn2cnc3cc(-c4ccc(Cl)cc4)sc3c2=O)cc1. The Balaban J connectivity index is 1.27. The van der Waals surface area contributed by atoms with Crippen LogP contribution in [-0.4, -0.2) is 26.9 Å². The van der Waals surface area contributed by atoms with Crippen LogP contribution in [0.1, 0.15) is 30.4 Å². The zero-order valence-corrected chi connectivity index (χ0v) is 19.7. The Morgan fingerprint density at radius 1 is 0.970 bits per heavy atom. The van der Waals surface area contributed by atoms with E-state index in [9.17, 15) is 9.59 Å². The van der Waals surface area contributed by atoms with Gasteiger partial charge in [0.2, 0.25) is 5.91 Å². The molecule has 0 unspecified atom stereocenters. The number of carbonyl (C=O) groups excluding carboxylic acids is 1. The van der Waals surface area contributed by atoms with Crippen LogP contribution in [0.25, 0.3) is 20.7 Å². The van der Waals surface area contributed by atoms with E-state index in [0.29, 0.717) is 29.2 Å². The summed E-state index contributed by atoms with van der Waals surface area (Å²) in [6, 6.07) is 17.9. The van der Waals surface area contributed by atoms with Crippen LogP contribution in [0, 0.1) is 0 Å². The highest BCUT2D eigenvalue weighted by atomic mass is 35.5. The lowest BCUT2D eigenvalue weighted by atomic mass is 10.1. The molecule has 1 aliphatic heterocycles. The second-order valence-electron chi connectivity index (χ2n) is 8.41. The largest absolute Gasteiger partial charge is 0.338 e. The van der Waals surface area contributed by atoms with Crippen molar-refractivity contribution in [1.82, 2.24) is 14.5 Å². The molecular formula is C26H24ClN3O2S. The van der Waals surface area contributed by atoms with Crippen LogP contribution in [0.5, 0.6) is 0 Å². The molecule has 3 heterocycles. The average molecular weight is 478 g/mol. The Labute approximate surface area is 201 Å². The van der Waals surface area contributed by atoms with Crippen molar-refractivity contribution in [3.8, 4) is 10.4 Å². The van der Waals surface area contributed by atoms with Gasteiger partial charge in [0.25, 0.3) is 5.56 Å². The molecular weight excluding hydrogens is 454 g/mol. The van der Waals surface area contributed by atoms with E-state index in [-0.39, 0.29) is 11.5 Å². The van der Waals surface area contributed by atoms with Crippen molar-refractivity contribution in [2.75, 3.05) is 6.54 Å². The van der Waals surface area contributed by atoms with E-state index in [2.05, 4.69) is 29.2 Å². The predicted molar refractivity (Wildman–Crippen MR) is 134 cm³/mol. The highest BCUT2D eigenvalue weighted by Gasteiger charge is 2.17. The zero-order valence-electron chi connectivity index (χ0n) is 18.2. The van der Waals surface area contributed by atoms with Crippen molar-refractivity contribution < 1.29 is 4.79 Å². The van der Waals surface area contributed by atoms with Crippen molar-refractivity contribution in [2.45, 2.75) is 38.8 Å². The molecule has 1 fully saturated rings. The molecule has 33 heavy (non-hydrogen) atoms.